The molecule has 0 spiro atoms. The molecule has 0 saturated carbocycles. The number of amides is 3. The van der Waals surface area contributed by atoms with Gasteiger partial charge in [-0.15, -0.1) is 24.0 Å². The van der Waals surface area contributed by atoms with E-state index in [2.05, 4.69) is 64.0 Å². The first-order valence-electron chi connectivity index (χ1n) is 8.89. The van der Waals surface area contributed by atoms with Crippen molar-refractivity contribution in [2.45, 2.75) is 13.8 Å². The van der Waals surface area contributed by atoms with Crippen molar-refractivity contribution in [1.29, 1.82) is 0 Å². The summed E-state index contributed by atoms with van der Waals surface area (Å²) >= 11 is 0. The Hall–Kier alpha value is -2.04. The van der Waals surface area contributed by atoms with Gasteiger partial charge in [-0.05, 0) is 31.5 Å². The molecule has 0 aliphatic carbocycles. The van der Waals surface area contributed by atoms with Crippen molar-refractivity contribution in [3.63, 3.8) is 0 Å². The van der Waals surface area contributed by atoms with Crippen molar-refractivity contribution in [2.75, 3.05) is 51.2 Å². The molecule has 2 rings (SSSR count). The van der Waals surface area contributed by atoms with Crippen LogP contribution in [0.4, 0.5) is 10.5 Å². The average molecular weight is 488 g/mol. The second kappa shape index (κ2) is 11.6. The van der Waals surface area contributed by atoms with Gasteiger partial charge in [-0.1, -0.05) is 12.1 Å². The van der Waals surface area contributed by atoms with E-state index in [0.717, 1.165) is 19.6 Å². The minimum absolute atomic E-state index is 0. The highest BCUT2D eigenvalue weighted by atomic mass is 127. The fourth-order valence-electron chi connectivity index (χ4n) is 2.79. The summed E-state index contributed by atoms with van der Waals surface area (Å²) < 4.78 is 0. The minimum atomic E-state index is -0.337. The van der Waals surface area contributed by atoms with Gasteiger partial charge in [0, 0.05) is 45.5 Å². The van der Waals surface area contributed by atoms with Gasteiger partial charge in [0.15, 0.2) is 5.96 Å². The van der Waals surface area contributed by atoms with Crippen molar-refractivity contribution in [3.8, 4) is 0 Å². The Morgan fingerprint density at radius 2 is 2.04 bits per heavy atom. The number of carbonyl (C=O) groups is 2. The van der Waals surface area contributed by atoms with Gasteiger partial charge >= 0.3 is 6.03 Å². The molecular weight excluding hydrogens is 459 g/mol. The zero-order chi connectivity index (χ0) is 18.9. The number of hydrogen-bond donors (Lipinski definition) is 3. The molecule has 1 aliphatic rings. The number of benzene rings is 1. The number of likely N-dealkylation sites (N-methyl/N-ethyl adjacent to an activating group) is 1. The SMILES string of the molecule is CCN(CCNC(=NC)NCCN1C(=O)CNC1=O)c1cccc(C)c1.I. The molecule has 0 bridgehead atoms. The second-order valence-electron chi connectivity index (χ2n) is 6.05. The Morgan fingerprint density at radius 1 is 1.30 bits per heavy atom. The molecule has 27 heavy (non-hydrogen) atoms. The number of guanidine groups is 1. The first-order valence-corrected chi connectivity index (χ1v) is 8.89. The van der Waals surface area contributed by atoms with Crippen molar-refractivity contribution in [2.24, 2.45) is 4.99 Å². The molecule has 3 N–H and O–H groups in total. The summed E-state index contributed by atoms with van der Waals surface area (Å²) in [4.78, 5) is 30.7. The molecule has 1 aromatic rings. The number of aryl methyl sites for hydroxylation is 1. The highest BCUT2D eigenvalue weighted by molar-refractivity contribution is 14.0. The van der Waals surface area contributed by atoms with E-state index >= 15 is 0 Å². The van der Waals surface area contributed by atoms with E-state index in [1.165, 1.54) is 16.2 Å². The summed E-state index contributed by atoms with van der Waals surface area (Å²) in [5.41, 5.74) is 2.45. The molecule has 0 unspecified atom stereocenters. The number of urea groups is 1. The van der Waals surface area contributed by atoms with Crippen molar-refractivity contribution >= 4 is 47.6 Å². The van der Waals surface area contributed by atoms with E-state index in [-0.39, 0.29) is 42.5 Å². The van der Waals surface area contributed by atoms with E-state index in [0.29, 0.717) is 19.0 Å². The van der Waals surface area contributed by atoms with Gasteiger partial charge in [-0.3, -0.25) is 14.7 Å². The van der Waals surface area contributed by atoms with Crippen LogP contribution >= 0.6 is 24.0 Å². The summed E-state index contributed by atoms with van der Waals surface area (Å²) in [7, 11) is 1.70. The standard InChI is InChI=1S/C18H28N6O2.HI/c1-4-23(15-7-5-6-14(2)12-15)10-8-20-17(19-3)21-9-11-24-16(25)13-22-18(24)26;/h5-7,12H,4,8-11,13H2,1-3H3,(H,22,26)(H2,19,20,21);1H. The highest BCUT2D eigenvalue weighted by Gasteiger charge is 2.27. The van der Waals surface area contributed by atoms with Crippen LogP contribution in [0.3, 0.4) is 0 Å². The third-order valence-electron chi connectivity index (χ3n) is 4.21. The number of carbonyl (C=O) groups excluding carboxylic acids is 2. The van der Waals surface area contributed by atoms with Crippen molar-refractivity contribution < 1.29 is 9.59 Å². The summed E-state index contributed by atoms with van der Waals surface area (Å²) in [6, 6.07) is 8.11. The third kappa shape index (κ3) is 6.89. The van der Waals surface area contributed by atoms with Crippen LogP contribution < -0.4 is 20.9 Å². The van der Waals surface area contributed by atoms with Gasteiger partial charge in [-0.25, -0.2) is 4.79 Å². The van der Waals surface area contributed by atoms with Gasteiger partial charge in [0.05, 0.1) is 6.54 Å². The summed E-state index contributed by atoms with van der Waals surface area (Å²) in [5.74, 6) is 0.453. The van der Waals surface area contributed by atoms with Gasteiger partial charge in [0.2, 0.25) is 5.91 Å². The number of hydrogen-bond acceptors (Lipinski definition) is 4. The Balaban J connectivity index is 0.00000364. The van der Waals surface area contributed by atoms with Gasteiger partial charge in [-0.2, -0.15) is 0 Å². The molecule has 150 valence electrons. The number of halogens is 1. The normalized spacial score (nSPS) is 13.9. The van der Waals surface area contributed by atoms with Gasteiger partial charge in [0.1, 0.15) is 0 Å². The third-order valence-corrected chi connectivity index (χ3v) is 4.21. The van der Waals surface area contributed by atoms with E-state index < -0.39 is 0 Å². The number of nitrogens with one attached hydrogen (secondary N) is 3. The van der Waals surface area contributed by atoms with Crippen LogP contribution in [0, 0.1) is 6.92 Å². The highest BCUT2D eigenvalue weighted by Crippen LogP contribution is 2.14. The lowest BCUT2D eigenvalue weighted by atomic mass is 10.2. The molecule has 0 radical (unpaired) electrons. The molecule has 1 saturated heterocycles. The lowest BCUT2D eigenvalue weighted by Gasteiger charge is -2.24. The summed E-state index contributed by atoms with van der Waals surface area (Å²) in [6.07, 6.45) is 0. The zero-order valence-corrected chi connectivity index (χ0v) is 18.4. The van der Waals surface area contributed by atoms with Crippen LogP contribution in [0.1, 0.15) is 12.5 Å². The van der Waals surface area contributed by atoms with Crippen LogP contribution in [0.15, 0.2) is 29.3 Å². The zero-order valence-electron chi connectivity index (χ0n) is 16.1. The first kappa shape index (κ1) is 23.0. The van der Waals surface area contributed by atoms with Crippen molar-refractivity contribution in [1.82, 2.24) is 20.9 Å². The number of aliphatic imine (C=N–C) groups is 1. The number of nitrogens with zero attached hydrogens (tertiary/aromatic N) is 3. The average Bonchev–Trinajstić information content (AvgIpc) is 2.95. The monoisotopic (exact) mass is 488 g/mol. The lowest BCUT2D eigenvalue weighted by molar-refractivity contribution is -0.124. The Kier molecular flexibility index (Phi) is 9.90. The molecule has 1 aromatic carbocycles. The molecule has 9 heteroatoms. The van der Waals surface area contributed by atoms with Crippen molar-refractivity contribution in [3.05, 3.63) is 29.8 Å². The van der Waals surface area contributed by atoms with Crippen LogP contribution in [-0.4, -0.2) is 69.1 Å². The number of rotatable bonds is 8. The Morgan fingerprint density at radius 3 is 2.63 bits per heavy atom. The van der Waals surface area contributed by atoms with Gasteiger partial charge < -0.3 is 20.9 Å². The predicted molar refractivity (Wildman–Crippen MR) is 119 cm³/mol. The van der Waals surface area contributed by atoms with Gasteiger partial charge in [0.25, 0.3) is 0 Å². The topological polar surface area (TPSA) is 89.1 Å². The van der Waals surface area contributed by atoms with Crippen LogP contribution in [0.25, 0.3) is 0 Å². The minimum Gasteiger partial charge on any atom is -0.370 e. The number of anilines is 1. The maximum atomic E-state index is 11.5. The lowest BCUT2D eigenvalue weighted by Crippen LogP contribution is -2.45. The first-order chi connectivity index (χ1) is 12.5. The quantitative estimate of drug-likeness (QED) is 0.221. The van der Waals surface area contributed by atoms with Crippen LogP contribution in [0.2, 0.25) is 0 Å². The maximum absolute atomic E-state index is 11.5. The molecule has 1 heterocycles. The number of imide groups is 1. The molecule has 0 aromatic heterocycles. The molecule has 1 aliphatic heterocycles. The Bertz CT molecular complexity index is 651. The Labute approximate surface area is 177 Å². The smallest absolute Gasteiger partial charge is 0.324 e. The molecule has 0 atom stereocenters. The largest absolute Gasteiger partial charge is 0.370 e. The maximum Gasteiger partial charge on any atom is 0.324 e. The second-order valence-corrected chi connectivity index (χ2v) is 6.05. The summed E-state index contributed by atoms with van der Waals surface area (Å²) in [5, 5.41) is 8.89. The van der Waals surface area contributed by atoms with Crippen LogP contribution in [0.5, 0.6) is 0 Å². The molecule has 1 fully saturated rings. The van der Waals surface area contributed by atoms with E-state index in [4.69, 9.17) is 0 Å². The fraction of sp³-hybridized carbons (Fsp3) is 0.500. The molecule has 8 nitrogen and oxygen atoms in total. The van der Waals surface area contributed by atoms with E-state index in [1.54, 1.807) is 7.05 Å². The van der Waals surface area contributed by atoms with E-state index in [9.17, 15) is 9.59 Å². The van der Waals surface area contributed by atoms with E-state index in [1.807, 2.05) is 0 Å². The summed E-state index contributed by atoms with van der Waals surface area (Å²) in [6.45, 7) is 7.56. The molecule has 3 amide bonds. The molecular formula is C18H29IN6O2. The van der Waals surface area contributed by atoms with Crippen LogP contribution in [-0.2, 0) is 4.79 Å². The predicted octanol–water partition coefficient (Wildman–Crippen LogP) is 1.16. The fourth-order valence-corrected chi connectivity index (χ4v) is 2.79.